The van der Waals surface area contributed by atoms with Gasteiger partial charge >= 0.3 is 0 Å². The van der Waals surface area contributed by atoms with Crippen molar-refractivity contribution in [1.82, 2.24) is 4.57 Å². The molecule has 0 amide bonds. The molecular formula is C17H16F2INO2. The molecule has 0 spiro atoms. The highest BCUT2D eigenvalue weighted by molar-refractivity contribution is 14.1. The van der Waals surface area contributed by atoms with E-state index in [1.165, 1.54) is 0 Å². The van der Waals surface area contributed by atoms with Crippen molar-refractivity contribution in [3.8, 4) is 17.0 Å². The maximum Gasteiger partial charge on any atom is 0.264 e. The molecule has 0 aliphatic heterocycles. The minimum atomic E-state index is -2.60. The van der Waals surface area contributed by atoms with Crippen molar-refractivity contribution in [3.63, 3.8) is 0 Å². The van der Waals surface area contributed by atoms with Crippen LogP contribution in [-0.4, -0.2) is 17.6 Å². The van der Waals surface area contributed by atoms with Crippen molar-refractivity contribution in [2.45, 2.75) is 19.9 Å². The van der Waals surface area contributed by atoms with Crippen molar-refractivity contribution < 1.29 is 13.5 Å². The summed E-state index contributed by atoms with van der Waals surface area (Å²) in [5.74, 6) is 0.666. The molecule has 0 saturated heterocycles. The third-order valence-corrected chi connectivity index (χ3v) is 4.11. The van der Waals surface area contributed by atoms with Crippen molar-refractivity contribution in [2.24, 2.45) is 0 Å². The Bertz CT molecular complexity index is 772. The van der Waals surface area contributed by atoms with E-state index in [0.29, 0.717) is 21.6 Å². The lowest BCUT2D eigenvalue weighted by Gasteiger charge is -2.16. The molecule has 1 aromatic carbocycles. The third-order valence-electron chi connectivity index (χ3n) is 3.29. The molecule has 0 bridgehead atoms. The summed E-state index contributed by atoms with van der Waals surface area (Å²) < 4.78 is 32.7. The lowest BCUT2D eigenvalue weighted by atomic mass is 10.0. The highest BCUT2D eigenvalue weighted by Crippen LogP contribution is 2.27. The number of halogens is 3. The zero-order valence-electron chi connectivity index (χ0n) is 12.6. The van der Waals surface area contributed by atoms with E-state index in [4.69, 9.17) is 4.74 Å². The number of rotatable bonds is 6. The van der Waals surface area contributed by atoms with E-state index in [2.05, 4.69) is 6.58 Å². The van der Waals surface area contributed by atoms with Crippen LogP contribution in [0.25, 0.3) is 11.3 Å². The van der Waals surface area contributed by atoms with Crippen LogP contribution in [0.1, 0.15) is 5.56 Å². The summed E-state index contributed by atoms with van der Waals surface area (Å²) in [6.07, 6.45) is -0.956. The standard InChI is InChI=1S/C17H16F2INO2/c1-3-8-23-12-4-5-13(11(2)9-12)15-7-6-14(20)17(22)21(15)10-16(18)19/h3-7,9,16H,1,8,10H2,2H3. The molecule has 0 aliphatic rings. The zero-order chi connectivity index (χ0) is 17.0. The van der Waals surface area contributed by atoms with E-state index in [-0.39, 0.29) is 0 Å². The summed E-state index contributed by atoms with van der Waals surface area (Å²) in [6, 6.07) is 8.67. The first-order valence-corrected chi connectivity index (χ1v) is 8.04. The van der Waals surface area contributed by atoms with E-state index in [0.717, 1.165) is 15.7 Å². The average Bonchev–Trinajstić information content (AvgIpc) is 2.50. The summed E-state index contributed by atoms with van der Waals surface area (Å²) >= 11 is 1.85. The summed E-state index contributed by atoms with van der Waals surface area (Å²) in [5.41, 5.74) is 1.64. The fourth-order valence-electron chi connectivity index (χ4n) is 2.27. The van der Waals surface area contributed by atoms with Gasteiger partial charge in [-0.2, -0.15) is 0 Å². The lowest BCUT2D eigenvalue weighted by molar-refractivity contribution is 0.125. The molecule has 0 N–H and O–H groups in total. The van der Waals surface area contributed by atoms with Gasteiger partial charge in [-0.05, 0) is 65.4 Å². The van der Waals surface area contributed by atoms with Gasteiger partial charge in [0, 0.05) is 5.56 Å². The van der Waals surface area contributed by atoms with Gasteiger partial charge in [0.2, 0.25) is 0 Å². The fourth-order valence-corrected chi connectivity index (χ4v) is 2.75. The number of hydrogen-bond donors (Lipinski definition) is 0. The van der Waals surface area contributed by atoms with Gasteiger partial charge in [0.1, 0.15) is 12.4 Å². The number of aromatic nitrogens is 1. The molecule has 3 nitrogen and oxygen atoms in total. The van der Waals surface area contributed by atoms with Crippen LogP contribution in [0.5, 0.6) is 5.75 Å². The molecule has 2 rings (SSSR count). The Hall–Kier alpha value is -1.70. The first-order valence-electron chi connectivity index (χ1n) is 6.96. The highest BCUT2D eigenvalue weighted by Gasteiger charge is 2.15. The maximum absolute atomic E-state index is 12.8. The molecule has 0 saturated carbocycles. The maximum atomic E-state index is 12.8. The second-order valence-corrected chi connectivity index (χ2v) is 6.11. The number of ether oxygens (including phenoxy) is 1. The van der Waals surface area contributed by atoms with Gasteiger partial charge in [0.05, 0.1) is 15.8 Å². The Morgan fingerprint density at radius 3 is 2.70 bits per heavy atom. The Labute approximate surface area is 146 Å². The monoisotopic (exact) mass is 431 g/mol. The van der Waals surface area contributed by atoms with E-state index in [1.807, 2.05) is 35.6 Å². The topological polar surface area (TPSA) is 31.2 Å². The Kier molecular flexibility index (Phi) is 5.92. The van der Waals surface area contributed by atoms with Crippen LogP contribution in [0.2, 0.25) is 0 Å². The van der Waals surface area contributed by atoms with Crippen LogP contribution in [0.3, 0.4) is 0 Å². The van der Waals surface area contributed by atoms with Crippen LogP contribution in [0.15, 0.2) is 47.8 Å². The third kappa shape index (κ3) is 4.19. The van der Waals surface area contributed by atoms with Gasteiger partial charge in [-0.15, -0.1) is 0 Å². The van der Waals surface area contributed by atoms with Gasteiger partial charge in [0.15, 0.2) is 0 Å². The first kappa shape index (κ1) is 17.7. The Morgan fingerprint density at radius 1 is 1.35 bits per heavy atom. The van der Waals surface area contributed by atoms with Crippen LogP contribution in [0.4, 0.5) is 8.78 Å². The van der Waals surface area contributed by atoms with Crippen LogP contribution in [0, 0.1) is 10.5 Å². The lowest BCUT2D eigenvalue weighted by Crippen LogP contribution is -2.26. The molecule has 1 aromatic heterocycles. The predicted octanol–water partition coefficient (Wildman–Crippen LogP) is 4.26. The molecule has 0 aliphatic carbocycles. The van der Waals surface area contributed by atoms with Crippen LogP contribution < -0.4 is 10.3 Å². The van der Waals surface area contributed by atoms with Gasteiger partial charge < -0.3 is 9.30 Å². The van der Waals surface area contributed by atoms with E-state index in [1.54, 1.807) is 30.3 Å². The average molecular weight is 431 g/mol. The minimum absolute atomic E-state index is 0.387. The number of benzene rings is 1. The second-order valence-electron chi connectivity index (χ2n) is 4.95. The number of nitrogens with zero attached hydrogens (tertiary/aromatic N) is 1. The number of hydrogen-bond acceptors (Lipinski definition) is 2. The largest absolute Gasteiger partial charge is 0.490 e. The van der Waals surface area contributed by atoms with Crippen LogP contribution in [-0.2, 0) is 6.54 Å². The Morgan fingerprint density at radius 2 is 2.09 bits per heavy atom. The minimum Gasteiger partial charge on any atom is -0.490 e. The predicted molar refractivity (Wildman–Crippen MR) is 95.3 cm³/mol. The SMILES string of the molecule is C=CCOc1ccc(-c2ccc(I)c(=O)n2CC(F)F)c(C)c1. The van der Waals surface area contributed by atoms with Crippen molar-refractivity contribution in [1.29, 1.82) is 0 Å². The molecule has 6 heteroatoms. The second kappa shape index (κ2) is 7.72. The number of aryl methyl sites for hydroxylation is 1. The summed E-state index contributed by atoms with van der Waals surface area (Å²) in [7, 11) is 0. The zero-order valence-corrected chi connectivity index (χ0v) is 14.7. The van der Waals surface area contributed by atoms with E-state index < -0.39 is 18.5 Å². The molecule has 2 aromatic rings. The quantitative estimate of drug-likeness (QED) is 0.506. The summed E-state index contributed by atoms with van der Waals surface area (Å²) in [4.78, 5) is 12.2. The Balaban J connectivity index is 2.51. The normalized spacial score (nSPS) is 10.8. The van der Waals surface area contributed by atoms with E-state index >= 15 is 0 Å². The van der Waals surface area contributed by atoms with E-state index in [9.17, 15) is 13.6 Å². The molecule has 0 fully saturated rings. The van der Waals surface area contributed by atoms with Crippen molar-refractivity contribution in [3.05, 3.63) is 62.5 Å². The summed E-state index contributed by atoms with van der Waals surface area (Å²) in [5, 5.41) is 0. The van der Waals surface area contributed by atoms with Crippen LogP contribution >= 0.6 is 22.6 Å². The molecule has 122 valence electrons. The number of alkyl halides is 2. The molecule has 1 heterocycles. The smallest absolute Gasteiger partial charge is 0.264 e. The summed E-state index contributed by atoms with van der Waals surface area (Å²) in [6.45, 7) is 5.20. The van der Waals surface area contributed by atoms with Crippen molar-refractivity contribution >= 4 is 22.6 Å². The molecule has 0 unspecified atom stereocenters. The number of pyridine rings is 1. The van der Waals surface area contributed by atoms with Gasteiger partial charge in [-0.1, -0.05) is 12.7 Å². The highest BCUT2D eigenvalue weighted by atomic mass is 127. The first-order chi connectivity index (χ1) is 10.9. The fraction of sp³-hybridized carbons (Fsp3) is 0.235. The molecule has 0 atom stereocenters. The van der Waals surface area contributed by atoms with Gasteiger partial charge in [0.25, 0.3) is 12.0 Å². The molecule has 0 radical (unpaired) electrons. The molecule has 23 heavy (non-hydrogen) atoms. The molecular weight excluding hydrogens is 415 g/mol. The van der Waals surface area contributed by atoms with Gasteiger partial charge in [-0.25, -0.2) is 8.78 Å². The van der Waals surface area contributed by atoms with Crippen molar-refractivity contribution in [2.75, 3.05) is 6.61 Å². The van der Waals surface area contributed by atoms with Gasteiger partial charge in [-0.3, -0.25) is 4.79 Å².